The normalized spacial score (nSPS) is 17.5. The van der Waals surface area contributed by atoms with E-state index < -0.39 is 5.91 Å². The molecular formula is C20H23ClN6O2. The maximum absolute atomic E-state index is 11.3. The number of nitrogens with one attached hydrogen (secondary N) is 1. The molecule has 0 atom stereocenters. The molecule has 2 aromatic heterocycles. The number of hydrogen-bond acceptors (Lipinski definition) is 6. The van der Waals surface area contributed by atoms with Crippen LogP contribution in [0.2, 0.25) is 0 Å². The van der Waals surface area contributed by atoms with Crippen molar-refractivity contribution in [3.63, 3.8) is 0 Å². The maximum atomic E-state index is 11.3. The van der Waals surface area contributed by atoms with Gasteiger partial charge in [-0.15, -0.1) is 12.4 Å². The molecule has 5 rings (SSSR count). The molecule has 1 spiro atoms. The van der Waals surface area contributed by atoms with Gasteiger partial charge in [-0.1, -0.05) is 12.1 Å². The van der Waals surface area contributed by atoms with Gasteiger partial charge in [-0.25, -0.2) is 15.4 Å². The van der Waals surface area contributed by atoms with Crippen molar-refractivity contribution < 1.29 is 10.0 Å². The van der Waals surface area contributed by atoms with Crippen LogP contribution in [0.5, 0.6) is 0 Å². The smallest absolute Gasteiger partial charge is 0.277 e. The van der Waals surface area contributed by atoms with E-state index in [0.717, 1.165) is 32.7 Å². The van der Waals surface area contributed by atoms with E-state index in [0.29, 0.717) is 11.4 Å². The minimum absolute atomic E-state index is 0. The molecule has 1 aromatic carbocycles. The molecule has 3 aromatic rings. The lowest BCUT2D eigenvalue weighted by atomic mass is 9.73. The van der Waals surface area contributed by atoms with Gasteiger partial charge in [-0.3, -0.25) is 14.9 Å². The third-order valence-corrected chi connectivity index (χ3v) is 5.87. The zero-order valence-electron chi connectivity index (χ0n) is 16.1. The number of carbonyl (C=O) groups is 1. The van der Waals surface area contributed by atoms with Gasteiger partial charge in [-0.2, -0.15) is 0 Å². The highest BCUT2D eigenvalue weighted by atomic mass is 35.5. The Morgan fingerprint density at radius 1 is 1.17 bits per heavy atom. The second-order valence-corrected chi connectivity index (χ2v) is 7.99. The van der Waals surface area contributed by atoms with E-state index in [4.69, 9.17) is 5.21 Å². The molecule has 9 heteroatoms. The molecule has 2 aliphatic heterocycles. The van der Waals surface area contributed by atoms with Gasteiger partial charge in [0.15, 0.2) is 0 Å². The summed E-state index contributed by atoms with van der Waals surface area (Å²) in [6.07, 6.45) is 4.99. The number of carbonyl (C=O) groups excluding carboxylic acids is 1. The van der Waals surface area contributed by atoms with Crippen molar-refractivity contribution in [3.8, 4) is 0 Å². The molecule has 0 radical (unpaired) electrons. The zero-order chi connectivity index (χ0) is 19.3. The van der Waals surface area contributed by atoms with Crippen LogP contribution in [-0.4, -0.2) is 56.7 Å². The molecular weight excluding hydrogens is 392 g/mol. The topological polar surface area (TPSA) is 86.5 Å². The third kappa shape index (κ3) is 3.33. The lowest BCUT2D eigenvalue weighted by molar-refractivity contribution is -0.0278. The van der Waals surface area contributed by atoms with E-state index in [-0.39, 0.29) is 18.0 Å². The molecule has 0 unspecified atom stereocenters. The number of hydrogen-bond donors (Lipinski definition) is 2. The standard InChI is InChI=1S/C20H22N6O2.ClH/c1-24-6-5-16-14(3-2-4-17(16)24)9-25-10-20(11-25)12-26(13-20)19-21-7-15(8-22-19)18(27)23-28;/h2-8,28H,9-13H2,1H3,(H,23,27);1H. The second kappa shape index (κ2) is 7.29. The predicted molar refractivity (Wildman–Crippen MR) is 111 cm³/mol. The van der Waals surface area contributed by atoms with Crippen LogP contribution >= 0.6 is 12.4 Å². The molecule has 29 heavy (non-hydrogen) atoms. The summed E-state index contributed by atoms with van der Waals surface area (Å²) in [4.78, 5) is 24.5. The first-order valence-corrected chi connectivity index (χ1v) is 9.34. The molecule has 2 N–H and O–H groups in total. The van der Waals surface area contributed by atoms with Crippen LogP contribution in [0, 0.1) is 5.41 Å². The van der Waals surface area contributed by atoms with Gasteiger partial charge in [0.2, 0.25) is 5.95 Å². The third-order valence-electron chi connectivity index (χ3n) is 5.87. The van der Waals surface area contributed by atoms with Gasteiger partial charge in [0, 0.05) is 74.7 Å². The van der Waals surface area contributed by atoms with Crippen LogP contribution in [0.3, 0.4) is 0 Å². The monoisotopic (exact) mass is 414 g/mol. The SMILES string of the molecule is Cl.Cn1ccc2c(CN3CC4(C3)CN(c3ncc(C(=O)NO)cn3)C4)cccc21. The first kappa shape index (κ1) is 19.6. The number of fused-ring (bicyclic) bond motifs is 1. The van der Waals surface area contributed by atoms with E-state index in [1.54, 1.807) is 5.48 Å². The molecule has 2 fully saturated rings. The first-order chi connectivity index (χ1) is 13.6. The minimum Gasteiger partial charge on any atom is -0.351 e. The van der Waals surface area contributed by atoms with Crippen LogP contribution < -0.4 is 10.4 Å². The fraction of sp³-hybridized carbons (Fsp3) is 0.350. The van der Waals surface area contributed by atoms with Crippen LogP contribution in [-0.2, 0) is 13.6 Å². The summed E-state index contributed by atoms with van der Waals surface area (Å²) < 4.78 is 2.16. The number of aryl methyl sites for hydroxylation is 1. The maximum Gasteiger partial charge on any atom is 0.277 e. The van der Waals surface area contributed by atoms with Crippen LogP contribution in [0.1, 0.15) is 15.9 Å². The summed E-state index contributed by atoms with van der Waals surface area (Å²) in [5.41, 5.74) is 4.81. The quantitative estimate of drug-likeness (QED) is 0.500. The van der Waals surface area contributed by atoms with Gasteiger partial charge < -0.3 is 9.47 Å². The van der Waals surface area contributed by atoms with Crippen molar-refractivity contribution in [2.24, 2.45) is 12.5 Å². The van der Waals surface area contributed by atoms with Gasteiger partial charge in [0.1, 0.15) is 0 Å². The van der Waals surface area contributed by atoms with E-state index in [9.17, 15) is 4.79 Å². The molecule has 0 aliphatic carbocycles. The average Bonchev–Trinajstić information content (AvgIpc) is 3.04. The number of amides is 1. The highest BCUT2D eigenvalue weighted by Gasteiger charge is 2.52. The number of nitrogens with zero attached hydrogens (tertiary/aromatic N) is 5. The van der Waals surface area contributed by atoms with Crippen molar-refractivity contribution in [2.45, 2.75) is 6.54 Å². The fourth-order valence-corrected chi connectivity index (χ4v) is 4.53. The molecule has 0 bridgehead atoms. The molecule has 0 saturated carbocycles. The van der Waals surface area contributed by atoms with Crippen molar-refractivity contribution in [2.75, 3.05) is 31.1 Å². The number of benzene rings is 1. The van der Waals surface area contributed by atoms with Gasteiger partial charge in [0.25, 0.3) is 5.91 Å². The van der Waals surface area contributed by atoms with Crippen molar-refractivity contribution in [3.05, 3.63) is 54.0 Å². The summed E-state index contributed by atoms with van der Waals surface area (Å²) in [7, 11) is 2.08. The molecule has 4 heterocycles. The lowest BCUT2D eigenvalue weighted by Gasteiger charge is -2.60. The molecule has 152 valence electrons. The number of rotatable bonds is 4. The summed E-state index contributed by atoms with van der Waals surface area (Å²) >= 11 is 0. The zero-order valence-corrected chi connectivity index (χ0v) is 16.9. The van der Waals surface area contributed by atoms with E-state index in [2.05, 4.69) is 61.8 Å². The highest BCUT2D eigenvalue weighted by Crippen LogP contribution is 2.41. The summed E-state index contributed by atoms with van der Waals surface area (Å²) in [6, 6.07) is 8.72. The predicted octanol–water partition coefficient (Wildman–Crippen LogP) is 1.83. The Hall–Kier alpha value is -2.68. The van der Waals surface area contributed by atoms with Crippen molar-refractivity contribution in [1.29, 1.82) is 0 Å². The minimum atomic E-state index is -0.602. The summed E-state index contributed by atoms with van der Waals surface area (Å²) in [5, 5.41) is 9.99. The summed E-state index contributed by atoms with van der Waals surface area (Å²) in [6.45, 7) is 5.01. The number of hydroxylamine groups is 1. The largest absolute Gasteiger partial charge is 0.351 e. The number of likely N-dealkylation sites (tertiary alicyclic amines) is 1. The Morgan fingerprint density at radius 2 is 1.90 bits per heavy atom. The number of anilines is 1. The van der Waals surface area contributed by atoms with Crippen LogP contribution in [0.4, 0.5) is 5.95 Å². The number of aromatic nitrogens is 3. The average molecular weight is 415 g/mol. The lowest BCUT2D eigenvalue weighted by Crippen LogP contribution is -2.72. The fourth-order valence-electron chi connectivity index (χ4n) is 4.53. The molecule has 8 nitrogen and oxygen atoms in total. The second-order valence-electron chi connectivity index (χ2n) is 7.99. The first-order valence-electron chi connectivity index (χ1n) is 9.34. The Kier molecular flexibility index (Phi) is 4.94. The van der Waals surface area contributed by atoms with E-state index in [1.807, 2.05) is 0 Å². The van der Waals surface area contributed by atoms with Crippen molar-refractivity contribution in [1.82, 2.24) is 24.9 Å². The van der Waals surface area contributed by atoms with E-state index >= 15 is 0 Å². The molecule has 2 aliphatic rings. The van der Waals surface area contributed by atoms with Crippen LogP contribution in [0.25, 0.3) is 10.9 Å². The van der Waals surface area contributed by atoms with Crippen LogP contribution in [0.15, 0.2) is 42.9 Å². The molecule has 2 saturated heterocycles. The Labute approximate surface area is 174 Å². The molecule has 1 amide bonds. The van der Waals surface area contributed by atoms with Gasteiger partial charge in [0.05, 0.1) is 5.56 Å². The summed E-state index contributed by atoms with van der Waals surface area (Å²) in [5.74, 6) is 0.0299. The van der Waals surface area contributed by atoms with E-state index in [1.165, 1.54) is 28.9 Å². The Balaban J connectivity index is 0.00000205. The highest BCUT2D eigenvalue weighted by molar-refractivity contribution is 5.92. The Bertz CT molecular complexity index is 1040. The van der Waals surface area contributed by atoms with Gasteiger partial charge >= 0.3 is 0 Å². The number of halogens is 1. The van der Waals surface area contributed by atoms with Crippen molar-refractivity contribution >= 4 is 35.2 Å². The van der Waals surface area contributed by atoms with Gasteiger partial charge in [-0.05, 0) is 17.7 Å². The Morgan fingerprint density at radius 3 is 2.59 bits per heavy atom.